The molecule has 2 aromatic rings. The number of aromatic nitrogens is 2. The molecule has 1 aliphatic heterocycles. The summed E-state index contributed by atoms with van der Waals surface area (Å²) in [6.07, 6.45) is 4.57. The van der Waals surface area contributed by atoms with Gasteiger partial charge in [-0.15, -0.1) is 0 Å². The van der Waals surface area contributed by atoms with Crippen molar-refractivity contribution in [1.29, 1.82) is 0 Å². The van der Waals surface area contributed by atoms with Crippen LogP contribution in [0, 0.1) is 0 Å². The van der Waals surface area contributed by atoms with Crippen molar-refractivity contribution in [2.45, 2.75) is 31.7 Å². The second kappa shape index (κ2) is 7.38. The lowest BCUT2D eigenvalue weighted by Gasteiger charge is -2.37. The lowest BCUT2D eigenvalue weighted by Crippen LogP contribution is -2.41. The fraction of sp³-hybridized carbons (Fsp3) is 0.444. The molecule has 1 atom stereocenters. The number of benzene rings is 1. The molecule has 1 aromatic heterocycles. The first-order valence-corrected chi connectivity index (χ1v) is 8.41. The first kappa shape index (κ1) is 16.4. The van der Waals surface area contributed by atoms with Gasteiger partial charge in [-0.05, 0) is 43.4 Å². The van der Waals surface area contributed by atoms with E-state index in [4.69, 9.17) is 10.5 Å². The Morgan fingerprint density at radius 3 is 2.75 bits per heavy atom. The molecule has 1 fully saturated rings. The number of nitrogen functional groups attached to an aromatic ring is 1. The smallest absolute Gasteiger partial charge is 0.223 e. The van der Waals surface area contributed by atoms with Crippen LogP contribution >= 0.6 is 0 Å². The maximum absolute atomic E-state index is 5.87. The largest absolute Gasteiger partial charge is 0.497 e. The van der Waals surface area contributed by atoms with Gasteiger partial charge in [0.15, 0.2) is 0 Å². The number of nitrogens with zero attached hydrogens (tertiary/aromatic N) is 3. The van der Waals surface area contributed by atoms with E-state index in [-0.39, 0.29) is 0 Å². The molecule has 0 unspecified atom stereocenters. The molecule has 24 heavy (non-hydrogen) atoms. The Labute approximate surface area is 143 Å². The molecular weight excluding hydrogens is 302 g/mol. The maximum Gasteiger partial charge on any atom is 0.223 e. The summed E-state index contributed by atoms with van der Waals surface area (Å²) in [7, 11) is 3.54. The lowest BCUT2D eigenvalue weighted by molar-refractivity contribution is 0.414. The van der Waals surface area contributed by atoms with Crippen molar-refractivity contribution in [1.82, 2.24) is 9.97 Å². The van der Waals surface area contributed by atoms with Gasteiger partial charge in [-0.25, -0.2) is 0 Å². The van der Waals surface area contributed by atoms with E-state index in [1.165, 1.54) is 18.4 Å². The van der Waals surface area contributed by atoms with Crippen LogP contribution in [0.1, 0.15) is 24.8 Å². The molecule has 1 saturated heterocycles. The third-order valence-corrected chi connectivity index (χ3v) is 4.54. The summed E-state index contributed by atoms with van der Waals surface area (Å²) in [5, 5.41) is 3.05. The van der Waals surface area contributed by atoms with Gasteiger partial charge in [0, 0.05) is 25.7 Å². The predicted octanol–water partition coefficient (Wildman–Crippen LogP) is 2.71. The Morgan fingerprint density at radius 1 is 1.25 bits per heavy atom. The molecular formula is C18H25N5O. The Balaban J connectivity index is 1.81. The van der Waals surface area contributed by atoms with Crippen molar-refractivity contribution in [3.8, 4) is 5.75 Å². The Bertz CT molecular complexity index is 674. The standard InChI is InChI=1S/C18H25N5O/c1-20-16-12-17(22-18(19)21-16)23-10-4-3-5-14(23)11-13-6-8-15(24-2)9-7-13/h6-9,12,14H,3-5,10-11H2,1-2H3,(H3,19,20,21,22)/t14-/m1/s1. The van der Waals surface area contributed by atoms with E-state index in [0.29, 0.717) is 12.0 Å². The number of nitrogens with one attached hydrogen (secondary N) is 1. The summed E-state index contributed by atoms with van der Waals surface area (Å²) in [6, 6.07) is 10.7. The van der Waals surface area contributed by atoms with Crippen LogP contribution in [0.15, 0.2) is 30.3 Å². The molecule has 3 N–H and O–H groups in total. The molecule has 1 aliphatic rings. The summed E-state index contributed by atoms with van der Waals surface area (Å²) >= 11 is 0. The van der Waals surface area contributed by atoms with Gasteiger partial charge >= 0.3 is 0 Å². The van der Waals surface area contributed by atoms with E-state index in [9.17, 15) is 0 Å². The number of ether oxygens (including phenoxy) is 1. The molecule has 0 saturated carbocycles. The Hall–Kier alpha value is -2.50. The normalized spacial score (nSPS) is 17.6. The second-order valence-corrected chi connectivity index (χ2v) is 6.11. The fourth-order valence-corrected chi connectivity index (χ4v) is 3.28. The molecule has 3 rings (SSSR count). The average Bonchev–Trinajstić information content (AvgIpc) is 2.62. The SMILES string of the molecule is CNc1cc(N2CCCC[C@@H]2Cc2ccc(OC)cc2)nc(N)n1. The zero-order valence-corrected chi connectivity index (χ0v) is 14.3. The van der Waals surface area contributed by atoms with Crippen LogP contribution in [0.3, 0.4) is 0 Å². The predicted molar refractivity (Wildman–Crippen MR) is 97.7 cm³/mol. The minimum atomic E-state index is 0.311. The van der Waals surface area contributed by atoms with Gasteiger partial charge in [0.05, 0.1) is 7.11 Å². The number of piperidine rings is 1. The molecule has 0 bridgehead atoms. The molecule has 6 nitrogen and oxygen atoms in total. The van der Waals surface area contributed by atoms with E-state index < -0.39 is 0 Å². The highest BCUT2D eigenvalue weighted by molar-refractivity contribution is 5.53. The zero-order chi connectivity index (χ0) is 16.9. The van der Waals surface area contributed by atoms with Crippen LogP contribution in [0.25, 0.3) is 0 Å². The minimum Gasteiger partial charge on any atom is -0.497 e. The van der Waals surface area contributed by atoms with Crippen molar-refractivity contribution in [2.75, 3.05) is 36.7 Å². The van der Waals surface area contributed by atoms with E-state index in [2.05, 4.69) is 32.3 Å². The summed E-state index contributed by atoms with van der Waals surface area (Å²) in [6.45, 7) is 1.00. The number of hydrogen-bond acceptors (Lipinski definition) is 6. The van der Waals surface area contributed by atoms with E-state index in [1.807, 2.05) is 25.2 Å². The van der Waals surface area contributed by atoms with E-state index in [1.54, 1.807) is 7.11 Å². The lowest BCUT2D eigenvalue weighted by atomic mass is 9.95. The van der Waals surface area contributed by atoms with Gasteiger partial charge in [0.1, 0.15) is 17.4 Å². The molecule has 0 spiro atoms. The van der Waals surface area contributed by atoms with Gasteiger partial charge in [-0.3, -0.25) is 0 Å². The van der Waals surface area contributed by atoms with Crippen molar-refractivity contribution in [3.05, 3.63) is 35.9 Å². The van der Waals surface area contributed by atoms with Crippen LogP contribution in [0.2, 0.25) is 0 Å². The molecule has 0 radical (unpaired) electrons. The highest BCUT2D eigenvalue weighted by atomic mass is 16.5. The van der Waals surface area contributed by atoms with Crippen molar-refractivity contribution < 1.29 is 4.74 Å². The summed E-state index contributed by atoms with van der Waals surface area (Å²) < 4.78 is 5.24. The minimum absolute atomic E-state index is 0.311. The maximum atomic E-state index is 5.87. The van der Waals surface area contributed by atoms with Gasteiger partial charge in [-0.1, -0.05) is 12.1 Å². The highest BCUT2D eigenvalue weighted by Gasteiger charge is 2.24. The third-order valence-electron chi connectivity index (χ3n) is 4.54. The topological polar surface area (TPSA) is 76.3 Å². The summed E-state index contributed by atoms with van der Waals surface area (Å²) in [4.78, 5) is 11.0. The monoisotopic (exact) mass is 327 g/mol. The Morgan fingerprint density at radius 2 is 2.04 bits per heavy atom. The van der Waals surface area contributed by atoms with Gasteiger partial charge < -0.3 is 20.7 Å². The molecule has 1 aromatic carbocycles. The van der Waals surface area contributed by atoms with Crippen molar-refractivity contribution in [3.63, 3.8) is 0 Å². The van der Waals surface area contributed by atoms with E-state index >= 15 is 0 Å². The molecule has 128 valence electrons. The number of hydrogen-bond donors (Lipinski definition) is 2. The average molecular weight is 327 g/mol. The van der Waals surface area contributed by atoms with Gasteiger partial charge in [-0.2, -0.15) is 9.97 Å². The van der Waals surface area contributed by atoms with Crippen LogP contribution in [0.4, 0.5) is 17.6 Å². The first-order valence-electron chi connectivity index (χ1n) is 8.41. The number of methoxy groups -OCH3 is 1. The Kier molecular flexibility index (Phi) is 5.03. The molecule has 0 aliphatic carbocycles. The second-order valence-electron chi connectivity index (χ2n) is 6.11. The van der Waals surface area contributed by atoms with Crippen LogP contribution in [0.5, 0.6) is 5.75 Å². The fourth-order valence-electron chi connectivity index (χ4n) is 3.28. The zero-order valence-electron chi connectivity index (χ0n) is 14.3. The highest BCUT2D eigenvalue weighted by Crippen LogP contribution is 2.27. The van der Waals surface area contributed by atoms with Gasteiger partial charge in [0.2, 0.25) is 5.95 Å². The number of nitrogens with two attached hydrogens (primary N) is 1. The molecule has 6 heteroatoms. The van der Waals surface area contributed by atoms with Crippen LogP contribution in [-0.4, -0.2) is 36.7 Å². The quantitative estimate of drug-likeness (QED) is 0.879. The van der Waals surface area contributed by atoms with Crippen molar-refractivity contribution >= 4 is 17.6 Å². The third kappa shape index (κ3) is 3.69. The van der Waals surface area contributed by atoms with Crippen LogP contribution in [-0.2, 0) is 6.42 Å². The first-order chi connectivity index (χ1) is 11.7. The summed E-state index contributed by atoms with van der Waals surface area (Å²) in [5.74, 6) is 2.86. The van der Waals surface area contributed by atoms with Crippen LogP contribution < -0.4 is 20.7 Å². The van der Waals surface area contributed by atoms with Gasteiger partial charge in [0.25, 0.3) is 0 Å². The number of anilines is 3. The van der Waals surface area contributed by atoms with E-state index in [0.717, 1.165) is 36.8 Å². The number of rotatable bonds is 5. The molecule has 0 amide bonds. The molecule has 2 heterocycles. The summed E-state index contributed by atoms with van der Waals surface area (Å²) in [5.41, 5.74) is 7.18. The van der Waals surface area contributed by atoms with Crippen molar-refractivity contribution in [2.24, 2.45) is 0 Å².